The molecule has 1 rings (SSSR count). The summed E-state index contributed by atoms with van der Waals surface area (Å²) in [7, 11) is 0. The SMILES string of the molecule is C#C.O=C(O)CCC(NC(=O)N[C@@H](CCc1nn[nH]n1)C(=O)O)C(=O)O. The van der Waals surface area contributed by atoms with E-state index in [2.05, 4.69) is 38.8 Å². The zero-order chi connectivity index (χ0) is 20.1. The lowest BCUT2D eigenvalue weighted by molar-refractivity contribution is -0.140. The number of carbonyl (C=O) groups excluding carboxylic acids is 1. The number of hydrogen-bond donors (Lipinski definition) is 6. The number of aliphatic carboxylic acids is 3. The highest BCUT2D eigenvalue weighted by molar-refractivity contribution is 5.86. The van der Waals surface area contributed by atoms with Crippen LogP contribution in [0.1, 0.15) is 25.1 Å². The zero-order valence-corrected chi connectivity index (χ0v) is 13.5. The molecule has 1 aromatic heterocycles. The fourth-order valence-electron chi connectivity index (χ4n) is 1.70. The molecule has 26 heavy (non-hydrogen) atoms. The average molecular weight is 370 g/mol. The number of aryl methyl sites for hydroxylation is 1. The van der Waals surface area contributed by atoms with E-state index in [1.165, 1.54) is 0 Å². The zero-order valence-electron chi connectivity index (χ0n) is 13.5. The summed E-state index contributed by atoms with van der Waals surface area (Å²) >= 11 is 0. The van der Waals surface area contributed by atoms with Crippen LogP contribution >= 0.6 is 0 Å². The van der Waals surface area contributed by atoms with Crippen LogP contribution in [0.2, 0.25) is 0 Å². The minimum absolute atomic E-state index is 0.0465. The van der Waals surface area contributed by atoms with Crippen molar-refractivity contribution in [1.29, 1.82) is 0 Å². The van der Waals surface area contributed by atoms with Gasteiger partial charge < -0.3 is 26.0 Å². The van der Waals surface area contributed by atoms with Gasteiger partial charge in [-0.1, -0.05) is 5.21 Å². The number of terminal acetylenes is 1. The maximum Gasteiger partial charge on any atom is 0.326 e. The Kier molecular flexibility index (Phi) is 10.1. The van der Waals surface area contributed by atoms with Crippen LogP contribution < -0.4 is 10.6 Å². The number of nitrogens with zero attached hydrogens (tertiary/aromatic N) is 3. The fraction of sp³-hybridized carbons (Fsp3) is 0.462. The van der Waals surface area contributed by atoms with E-state index in [4.69, 9.17) is 15.3 Å². The molecule has 0 radical (unpaired) electrons. The van der Waals surface area contributed by atoms with Crippen LogP contribution in [-0.4, -0.2) is 72.0 Å². The van der Waals surface area contributed by atoms with Gasteiger partial charge in [-0.05, 0) is 12.8 Å². The van der Waals surface area contributed by atoms with Crippen LogP contribution in [0.3, 0.4) is 0 Å². The molecule has 13 nitrogen and oxygen atoms in total. The van der Waals surface area contributed by atoms with E-state index in [0.29, 0.717) is 0 Å². The lowest BCUT2D eigenvalue weighted by atomic mass is 10.1. The number of rotatable bonds is 10. The molecule has 142 valence electrons. The number of hydrogen-bond acceptors (Lipinski definition) is 7. The predicted molar refractivity (Wildman–Crippen MR) is 83.8 cm³/mol. The highest BCUT2D eigenvalue weighted by atomic mass is 16.4. The highest BCUT2D eigenvalue weighted by Gasteiger charge is 2.25. The molecule has 2 amide bonds. The molecule has 0 aliphatic rings. The number of carbonyl (C=O) groups is 4. The van der Waals surface area contributed by atoms with Crippen molar-refractivity contribution in [2.45, 2.75) is 37.8 Å². The number of aromatic amines is 1. The lowest BCUT2D eigenvalue weighted by Crippen LogP contribution is -2.51. The summed E-state index contributed by atoms with van der Waals surface area (Å²) in [5, 5.41) is 43.4. The molecule has 0 spiro atoms. The number of nitrogens with one attached hydrogen (secondary N) is 3. The number of tetrazole rings is 1. The number of aromatic nitrogens is 4. The summed E-state index contributed by atoms with van der Waals surface area (Å²) in [6, 6.07) is -3.79. The Balaban J connectivity index is 0.00000301. The van der Waals surface area contributed by atoms with E-state index < -0.39 is 42.4 Å². The monoisotopic (exact) mass is 370 g/mol. The summed E-state index contributed by atoms with van der Waals surface area (Å²) in [6.45, 7) is 0. The third-order valence-electron chi connectivity index (χ3n) is 2.90. The van der Waals surface area contributed by atoms with Crippen LogP contribution in [0.15, 0.2) is 0 Å². The smallest absolute Gasteiger partial charge is 0.326 e. The minimum atomic E-state index is -1.45. The van der Waals surface area contributed by atoms with Crippen molar-refractivity contribution in [2.24, 2.45) is 0 Å². The van der Waals surface area contributed by atoms with Crippen LogP contribution in [0.5, 0.6) is 0 Å². The first kappa shape index (κ1) is 22.3. The molecule has 0 saturated carbocycles. The van der Waals surface area contributed by atoms with Crippen LogP contribution in [-0.2, 0) is 20.8 Å². The third-order valence-corrected chi connectivity index (χ3v) is 2.90. The van der Waals surface area contributed by atoms with Crippen molar-refractivity contribution < 1.29 is 34.5 Å². The maximum atomic E-state index is 11.7. The predicted octanol–water partition coefficient (Wildman–Crippen LogP) is -1.55. The first-order valence-electron chi connectivity index (χ1n) is 7.09. The number of urea groups is 1. The molecular weight excluding hydrogens is 352 g/mol. The van der Waals surface area contributed by atoms with Crippen molar-refractivity contribution in [3.05, 3.63) is 5.82 Å². The van der Waals surface area contributed by atoms with E-state index in [1.54, 1.807) is 0 Å². The first-order valence-corrected chi connectivity index (χ1v) is 7.09. The molecule has 13 heteroatoms. The van der Waals surface area contributed by atoms with Crippen LogP contribution in [0, 0.1) is 12.8 Å². The molecule has 0 saturated heterocycles. The van der Waals surface area contributed by atoms with Gasteiger partial charge >= 0.3 is 23.9 Å². The topological polar surface area (TPSA) is 207 Å². The van der Waals surface area contributed by atoms with Gasteiger partial charge in [0.15, 0.2) is 5.82 Å². The number of amides is 2. The second-order valence-electron chi connectivity index (χ2n) is 4.70. The lowest BCUT2D eigenvalue weighted by Gasteiger charge is -2.17. The van der Waals surface area contributed by atoms with Gasteiger partial charge in [0.05, 0.1) is 0 Å². The van der Waals surface area contributed by atoms with Gasteiger partial charge in [-0.3, -0.25) is 4.79 Å². The second kappa shape index (κ2) is 11.8. The molecule has 0 fully saturated rings. The molecule has 0 aliphatic heterocycles. The second-order valence-corrected chi connectivity index (χ2v) is 4.70. The third kappa shape index (κ3) is 8.82. The van der Waals surface area contributed by atoms with Crippen molar-refractivity contribution in [2.75, 3.05) is 0 Å². The Hall–Kier alpha value is -3.69. The molecule has 0 aromatic carbocycles. The molecule has 0 bridgehead atoms. The van der Waals surface area contributed by atoms with Crippen molar-refractivity contribution >= 4 is 23.9 Å². The minimum Gasteiger partial charge on any atom is -0.481 e. The Morgan fingerprint density at radius 1 is 1.00 bits per heavy atom. The van der Waals surface area contributed by atoms with Crippen molar-refractivity contribution in [3.8, 4) is 12.8 Å². The molecule has 6 N–H and O–H groups in total. The highest BCUT2D eigenvalue weighted by Crippen LogP contribution is 2.01. The largest absolute Gasteiger partial charge is 0.481 e. The number of H-pyrrole nitrogens is 1. The summed E-state index contributed by atoms with van der Waals surface area (Å²) in [6.07, 6.45) is 7.28. The summed E-state index contributed by atoms with van der Waals surface area (Å²) in [5.74, 6) is -3.71. The normalized spacial score (nSPS) is 11.9. The first-order chi connectivity index (χ1) is 12.3. The Morgan fingerprint density at radius 3 is 1.96 bits per heavy atom. The van der Waals surface area contributed by atoms with Gasteiger partial charge in [-0.25, -0.2) is 14.4 Å². The van der Waals surface area contributed by atoms with Gasteiger partial charge in [0.25, 0.3) is 0 Å². The van der Waals surface area contributed by atoms with Crippen LogP contribution in [0.25, 0.3) is 0 Å². The van der Waals surface area contributed by atoms with E-state index in [-0.39, 0.29) is 25.1 Å². The van der Waals surface area contributed by atoms with Crippen molar-refractivity contribution in [3.63, 3.8) is 0 Å². The maximum absolute atomic E-state index is 11.7. The van der Waals surface area contributed by atoms with E-state index in [9.17, 15) is 19.2 Å². The molecule has 1 aromatic rings. The van der Waals surface area contributed by atoms with Gasteiger partial charge in [0.1, 0.15) is 12.1 Å². The Labute approximate surface area is 147 Å². The molecule has 1 heterocycles. The molecular formula is C13H18N6O7. The molecule has 2 atom stereocenters. The average Bonchev–Trinajstić information content (AvgIpc) is 3.09. The quantitative estimate of drug-likeness (QED) is 0.261. The fourth-order valence-corrected chi connectivity index (χ4v) is 1.70. The Morgan fingerprint density at radius 2 is 1.54 bits per heavy atom. The van der Waals surface area contributed by atoms with E-state index >= 15 is 0 Å². The van der Waals surface area contributed by atoms with Crippen molar-refractivity contribution in [1.82, 2.24) is 31.3 Å². The summed E-state index contributed by atoms with van der Waals surface area (Å²) < 4.78 is 0. The van der Waals surface area contributed by atoms with Gasteiger partial charge in [0, 0.05) is 12.8 Å². The number of carboxylic acid groups (broad SMARTS) is 3. The Bertz CT molecular complexity index is 630. The van der Waals surface area contributed by atoms with Crippen LogP contribution in [0.4, 0.5) is 4.79 Å². The molecule has 0 aliphatic carbocycles. The van der Waals surface area contributed by atoms with E-state index in [1.807, 2.05) is 5.32 Å². The van der Waals surface area contributed by atoms with Gasteiger partial charge in [-0.15, -0.1) is 23.0 Å². The van der Waals surface area contributed by atoms with Gasteiger partial charge in [0.2, 0.25) is 0 Å². The summed E-state index contributed by atoms with van der Waals surface area (Å²) in [4.78, 5) is 44.3. The standard InChI is InChI=1S/C11H16N6O7.C2H2/c18-8(19)4-2-6(10(22)23)13-11(24)12-5(9(20)21)1-3-7-14-16-17-15-7;1-2/h5-6H,1-4H2,(H,18,19)(H,20,21)(H,22,23)(H2,12,13,24)(H,14,15,16,17);1-2H/t5-,6?;/m0./s1. The van der Waals surface area contributed by atoms with E-state index in [0.717, 1.165) is 0 Å². The number of carboxylic acids is 3. The summed E-state index contributed by atoms with van der Waals surface area (Å²) in [5.41, 5.74) is 0. The molecule has 1 unspecified atom stereocenters. The van der Waals surface area contributed by atoms with Gasteiger partial charge in [-0.2, -0.15) is 5.21 Å².